The summed E-state index contributed by atoms with van der Waals surface area (Å²) in [6, 6.07) is 18.5. The Hall–Kier alpha value is -2.82. The predicted octanol–water partition coefficient (Wildman–Crippen LogP) is 2.17. The molecular weight excluding hydrogens is 439 g/mol. The van der Waals surface area contributed by atoms with Gasteiger partial charge in [-0.1, -0.05) is 36.4 Å². The number of nitrogens with two attached hydrogens (primary N) is 1. The molecule has 0 bridgehead atoms. The van der Waals surface area contributed by atoms with Crippen molar-refractivity contribution in [3.63, 3.8) is 0 Å². The van der Waals surface area contributed by atoms with Gasteiger partial charge in [-0.05, 0) is 24.3 Å². The molecule has 3 N–H and O–H groups in total. The van der Waals surface area contributed by atoms with Crippen molar-refractivity contribution >= 4 is 38.0 Å². The molecule has 10 heteroatoms. The van der Waals surface area contributed by atoms with E-state index >= 15 is 0 Å². The molecule has 0 aliphatic heterocycles. The van der Waals surface area contributed by atoms with Gasteiger partial charge in [0.25, 0.3) is 10.1 Å². The minimum absolute atomic E-state index is 0. The summed E-state index contributed by atoms with van der Waals surface area (Å²) in [4.78, 5) is 3.77. The number of azo groups is 1. The van der Waals surface area contributed by atoms with Crippen molar-refractivity contribution in [2.45, 2.75) is 11.5 Å². The Morgan fingerprint density at radius 2 is 1.78 bits per heavy atom. The van der Waals surface area contributed by atoms with Crippen LogP contribution in [0.2, 0.25) is 0 Å². The molecular formula is C22H19N4NaO4S. The zero-order chi connectivity index (χ0) is 21.8. The van der Waals surface area contributed by atoms with Gasteiger partial charge in [0.15, 0.2) is 0 Å². The molecule has 0 saturated carbocycles. The first kappa shape index (κ1) is 23.8. The number of hydrogen-bond donors (Lipinski definition) is 2. The van der Waals surface area contributed by atoms with Crippen molar-refractivity contribution in [2.75, 3.05) is 5.73 Å². The second kappa shape index (κ2) is 10.2. The minimum Gasteiger partial charge on any atom is -1.00 e. The molecule has 4 rings (SSSR count). The van der Waals surface area contributed by atoms with Gasteiger partial charge in [-0.3, -0.25) is 9.54 Å². The minimum atomic E-state index is -4.47. The Kier molecular flexibility index (Phi) is 7.60. The summed E-state index contributed by atoms with van der Waals surface area (Å²) in [6.45, 7) is 0.351. The number of benzene rings is 3. The average Bonchev–Trinajstić information content (AvgIpc) is 2.77. The zero-order valence-corrected chi connectivity index (χ0v) is 20.0. The van der Waals surface area contributed by atoms with Gasteiger partial charge in [-0.15, -0.1) is 5.11 Å². The van der Waals surface area contributed by atoms with Gasteiger partial charge in [0.05, 0.1) is 11.4 Å². The molecule has 3 aromatic carbocycles. The van der Waals surface area contributed by atoms with Crippen molar-refractivity contribution in [1.82, 2.24) is 4.98 Å². The predicted molar refractivity (Wildman–Crippen MR) is 118 cm³/mol. The second-order valence-corrected chi connectivity index (χ2v) is 8.07. The summed E-state index contributed by atoms with van der Waals surface area (Å²) in [5.41, 5.74) is 7.99. The molecule has 0 spiro atoms. The average molecular weight is 458 g/mol. The molecule has 32 heavy (non-hydrogen) atoms. The summed E-state index contributed by atoms with van der Waals surface area (Å²) in [7, 11) is -4.47. The van der Waals surface area contributed by atoms with Crippen LogP contribution in [-0.2, 0) is 16.7 Å². The summed E-state index contributed by atoms with van der Waals surface area (Å²) >= 11 is 0. The van der Waals surface area contributed by atoms with Crippen LogP contribution in [0.25, 0.3) is 10.8 Å². The fraction of sp³-hybridized carbons (Fsp3) is 0.0455. The first-order valence-corrected chi connectivity index (χ1v) is 10.7. The van der Waals surface area contributed by atoms with E-state index in [1.54, 1.807) is 60.9 Å². The molecule has 8 nitrogen and oxygen atoms in total. The Morgan fingerprint density at radius 1 is 1.00 bits per heavy atom. The number of nitrogens with zero attached hydrogens (tertiary/aromatic N) is 3. The van der Waals surface area contributed by atoms with Crippen LogP contribution in [0.15, 0.2) is 94.2 Å². The fourth-order valence-electron chi connectivity index (χ4n) is 3.04. The van der Waals surface area contributed by atoms with Gasteiger partial charge in [0.2, 0.25) is 0 Å². The van der Waals surface area contributed by atoms with Crippen LogP contribution in [0.1, 0.15) is 6.99 Å². The molecule has 0 saturated heterocycles. The van der Waals surface area contributed by atoms with Crippen LogP contribution in [0.5, 0.6) is 5.75 Å². The standard InChI is InChI=1S/C22H18N4O4S.Na.H/c23-22-19-9-2-1-8-18(19)21(31(27,28)29)12-20(22)26-25-16-6-3-7-17(11-16)30-14-15-5-4-10-24-13-15;;/h1-13H,14,23H2,(H,27,28,29);;/q;+1;-1. The molecule has 0 aliphatic carbocycles. The third-order valence-electron chi connectivity index (χ3n) is 4.52. The smallest absolute Gasteiger partial charge is 1.00 e. The van der Waals surface area contributed by atoms with Crippen LogP contribution in [0.4, 0.5) is 17.1 Å². The van der Waals surface area contributed by atoms with Gasteiger partial charge < -0.3 is 11.9 Å². The zero-order valence-electron chi connectivity index (χ0n) is 18.2. The van der Waals surface area contributed by atoms with E-state index in [2.05, 4.69) is 15.2 Å². The van der Waals surface area contributed by atoms with E-state index in [9.17, 15) is 13.0 Å². The first-order chi connectivity index (χ1) is 14.9. The summed E-state index contributed by atoms with van der Waals surface area (Å²) in [6.07, 6.45) is 3.41. The number of rotatable bonds is 6. The number of pyridine rings is 1. The van der Waals surface area contributed by atoms with Crippen molar-refractivity contribution < 1.29 is 48.7 Å². The third-order valence-corrected chi connectivity index (χ3v) is 5.42. The molecule has 1 aromatic heterocycles. The normalized spacial score (nSPS) is 11.4. The molecule has 0 atom stereocenters. The van der Waals surface area contributed by atoms with E-state index in [1.807, 2.05) is 12.1 Å². The second-order valence-electron chi connectivity index (χ2n) is 6.68. The van der Waals surface area contributed by atoms with Crippen LogP contribution >= 0.6 is 0 Å². The Morgan fingerprint density at radius 3 is 2.50 bits per heavy atom. The quantitative estimate of drug-likeness (QED) is 0.197. The largest absolute Gasteiger partial charge is 1.00 e. The summed E-state index contributed by atoms with van der Waals surface area (Å²) < 4.78 is 39.0. The molecule has 0 unspecified atom stereocenters. The third kappa shape index (κ3) is 5.50. The SMILES string of the molecule is Nc1c(N=Nc2cccc(OCc3cccnc3)c2)cc(S(=O)(=O)O)c2ccccc12.[H-].[Na+]. The van der Waals surface area contributed by atoms with E-state index in [1.165, 1.54) is 6.07 Å². The molecule has 0 fully saturated rings. The van der Waals surface area contributed by atoms with Gasteiger partial charge in [0.1, 0.15) is 22.9 Å². The maximum absolute atomic E-state index is 11.8. The van der Waals surface area contributed by atoms with E-state index in [0.29, 0.717) is 28.8 Å². The number of fused-ring (bicyclic) bond motifs is 1. The number of nitrogen functional groups attached to an aromatic ring is 1. The maximum Gasteiger partial charge on any atom is 1.00 e. The van der Waals surface area contributed by atoms with Crippen molar-refractivity contribution in [3.8, 4) is 5.75 Å². The van der Waals surface area contributed by atoms with E-state index in [0.717, 1.165) is 5.56 Å². The number of hydrogen-bond acceptors (Lipinski definition) is 7. The maximum atomic E-state index is 11.8. The van der Waals surface area contributed by atoms with Crippen molar-refractivity contribution in [1.29, 1.82) is 0 Å². The van der Waals surface area contributed by atoms with E-state index in [4.69, 9.17) is 10.5 Å². The summed E-state index contributed by atoms with van der Waals surface area (Å²) in [5.74, 6) is 0.588. The monoisotopic (exact) mass is 458 g/mol. The first-order valence-electron chi connectivity index (χ1n) is 9.24. The molecule has 0 radical (unpaired) electrons. The van der Waals surface area contributed by atoms with Crippen LogP contribution in [0.3, 0.4) is 0 Å². The molecule has 158 valence electrons. The van der Waals surface area contributed by atoms with Crippen LogP contribution in [-0.4, -0.2) is 18.0 Å². The Balaban J connectivity index is 0.00000193. The molecule has 1 heterocycles. The molecule has 4 aromatic rings. The van der Waals surface area contributed by atoms with Gasteiger partial charge in [-0.25, -0.2) is 0 Å². The van der Waals surface area contributed by atoms with Crippen LogP contribution in [0, 0.1) is 0 Å². The summed E-state index contributed by atoms with van der Waals surface area (Å²) in [5, 5.41) is 9.05. The fourth-order valence-corrected chi connectivity index (χ4v) is 3.76. The topological polar surface area (TPSA) is 127 Å². The molecule has 0 amide bonds. The van der Waals surface area contributed by atoms with Gasteiger partial charge in [-0.2, -0.15) is 13.5 Å². The Bertz CT molecular complexity index is 1390. The van der Waals surface area contributed by atoms with E-state index < -0.39 is 10.1 Å². The number of aromatic nitrogens is 1. The molecule has 0 aliphatic rings. The Labute approximate surface area is 208 Å². The van der Waals surface area contributed by atoms with Gasteiger partial charge >= 0.3 is 29.6 Å². The van der Waals surface area contributed by atoms with E-state index in [-0.39, 0.29) is 47.3 Å². The van der Waals surface area contributed by atoms with Crippen molar-refractivity contribution in [2.24, 2.45) is 10.2 Å². The number of anilines is 1. The van der Waals surface area contributed by atoms with Gasteiger partial charge in [0, 0.05) is 34.8 Å². The number of ether oxygens (including phenoxy) is 1. The van der Waals surface area contributed by atoms with Crippen molar-refractivity contribution in [3.05, 3.63) is 84.7 Å². The van der Waals surface area contributed by atoms with Crippen LogP contribution < -0.4 is 40.0 Å².